The molecule has 3 heterocycles. The van der Waals surface area contributed by atoms with Crippen LogP contribution < -0.4 is 10.6 Å². The van der Waals surface area contributed by atoms with Crippen molar-refractivity contribution >= 4 is 50.4 Å². The predicted octanol–water partition coefficient (Wildman–Crippen LogP) is 7.09. The minimum absolute atomic E-state index is 0.0732. The molecule has 2 N–H and O–H groups in total. The summed E-state index contributed by atoms with van der Waals surface area (Å²) in [5.41, 5.74) is 2.99. The number of nitrogens with zero attached hydrogens (tertiary/aromatic N) is 3. The normalized spacial score (nSPS) is 15.8. The van der Waals surface area contributed by atoms with Crippen LogP contribution in [0.15, 0.2) is 83.6 Å². The molecule has 2 aromatic heterocycles. The van der Waals surface area contributed by atoms with Gasteiger partial charge >= 0.3 is 12.1 Å². The van der Waals surface area contributed by atoms with Crippen molar-refractivity contribution in [2.75, 3.05) is 38.2 Å². The fraction of sp³-hybridized carbons (Fsp3) is 0.476. The third-order valence-corrected chi connectivity index (χ3v) is 13.7. The summed E-state index contributed by atoms with van der Waals surface area (Å²) in [5, 5.41) is 11.0. The first-order valence-electron chi connectivity index (χ1n) is 19.4. The monoisotopic (exact) mass is 821 g/mol. The number of hydrogen-bond donors (Lipinski definition) is 2. The number of ketones is 1. The van der Waals surface area contributed by atoms with E-state index in [1.807, 2.05) is 71.4 Å². The molecule has 4 aromatic rings. The Balaban J connectivity index is 1.29. The Hall–Kier alpha value is -4.11. The first-order chi connectivity index (χ1) is 26.9. The minimum atomic E-state index is -3.06. The van der Waals surface area contributed by atoms with Crippen molar-refractivity contribution in [3.05, 3.63) is 110 Å². The van der Waals surface area contributed by atoms with E-state index >= 15 is 0 Å². The third kappa shape index (κ3) is 14.4. The van der Waals surface area contributed by atoms with E-state index in [1.165, 1.54) is 11.3 Å². The van der Waals surface area contributed by atoms with E-state index < -0.39 is 22.0 Å². The van der Waals surface area contributed by atoms with Gasteiger partial charge in [-0.3, -0.25) is 4.79 Å². The zero-order chi connectivity index (χ0) is 39.9. The van der Waals surface area contributed by atoms with E-state index in [-0.39, 0.29) is 54.2 Å². The van der Waals surface area contributed by atoms with Crippen LogP contribution in [0.2, 0.25) is 0 Å². The summed E-state index contributed by atoms with van der Waals surface area (Å²) in [5.74, 6) is 0.319. The Bertz CT molecular complexity index is 1910. The molecule has 3 amide bonds. The summed E-state index contributed by atoms with van der Waals surface area (Å²) in [6.45, 7) is 5.97. The standard InChI is InChI=1S/C42H55N5O6S3/c1-31(2)40-43-36(30-55-40)28-46(3)41(49)45-38(18-19-47-20-23-56(51,52)24-21-47)39(48)27-34(25-32-11-6-4-7-12-32)16-17-35(26-33-13-8-5-9-14-33)44-42(50)53-29-37-15-10-22-54-37/h4-15,22,30-31,34-35,38H,16-21,23-29H2,1-3H3,(H,44,50)(H,45,49). The molecule has 3 unspecified atom stereocenters. The van der Waals surface area contributed by atoms with Gasteiger partial charge in [0.25, 0.3) is 0 Å². The average Bonchev–Trinajstić information content (AvgIpc) is 3.89. The molecule has 1 saturated heterocycles. The van der Waals surface area contributed by atoms with Crippen LogP contribution in [0.4, 0.5) is 9.59 Å². The van der Waals surface area contributed by atoms with Gasteiger partial charge in [-0.1, -0.05) is 80.6 Å². The van der Waals surface area contributed by atoms with Gasteiger partial charge in [0, 0.05) is 55.3 Å². The Morgan fingerprint density at radius 2 is 1.55 bits per heavy atom. The van der Waals surface area contributed by atoms with E-state index in [1.54, 1.807) is 23.3 Å². The average molecular weight is 822 g/mol. The van der Waals surface area contributed by atoms with Crippen LogP contribution in [0.3, 0.4) is 0 Å². The van der Waals surface area contributed by atoms with Gasteiger partial charge in [-0.15, -0.1) is 22.7 Å². The molecule has 11 nitrogen and oxygen atoms in total. The number of alkyl carbamates (subject to hydrolysis) is 1. The molecule has 2 aromatic carbocycles. The number of aromatic nitrogens is 1. The first kappa shape index (κ1) is 43.0. The van der Waals surface area contributed by atoms with Gasteiger partial charge in [-0.2, -0.15) is 0 Å². The summed E-state index contributed by atoms with van der Waals surface area (Å²) < 4.78 is 29.8. The number of carbonyl (C=O) groups excluding carboxylic acids is 3. The topological polar surface area (TPSA) is 138 Å². The van der Waals surface area contributed by atoms with Crippen molar-refractivity contribution in [2.24, 2.45) is 5.92 Å². The summed E-state index contributed by atoms with van der Waals surface area (Å²) in [7, 11) is -1.36. The number of ether oxygens (including phenoxy) is 1. The molecule has 1 fully saturated rings. The maximum atomic E-state index is 14.4. The minimum Gasteiger partial charge on any atom is -0.444 e. The molecule has 0 spiro atoms. The van der Waals surface area contributed by atoms with Crippen molar-refractivity contribution in [1.82, 2.24) is 25.4 Å². The molecule has 1 aliphatic heterocycles. The Morgan fingerprint density at radius 1 is 0.875 bits per heavy atom. The lowest BCUT2D eigenvalue weighted by Crippen LogP contribution is -2.49. The number of thiazole rings is 1. The Labute approximate surface area is 339 Å². The highest BCUT2D eigenvalue weighted by Gasteiger charge is 2.29. The van der Waals surface area contributed by atoms with Gasteiger partial charge in [0.05, 0.1) is 34.8 Å². The smallest absolute Gasteiger partial charge is 0.407 e. The van der Waals surface area contributed by atoms with Crippen LogP contribution in [0.1, 0.15) is 72.2 Å². The lowest BCUT2D eigenvalue weighted by molar-refractivity contribution is -0.122. The molecule has 302 valence electrons. The number of carbonyl (C=O) groups is 3. The SMILES string of the molecule is CC(C)c1nc(CN(C)C(=O)NC(CCN2CCS(=O)(=O)CC2)C(=O)CC(CCC(Cc2ccccc2)NC(=O)OCc2cccs2)Cc2ccccc2)cs1. The van der Waals surface area contributed by atoms with Crippen LogP contribution in [0, 0.1) is 5.92 Å². The van der Waals surface area contributed by atoms with Crippen LogP contribution >= 0.6 is 22.7 Å². The fourth-order valence-electron chi connectivity index (χ4n) is 6.78. The van der Waals surface area contributed by atoms with Crippen LogP contribution in [-0.2, 0) is 45.4 Å². The van der Waals surface area contributed by atoms with Crippen LogP contribution in [-0.4, -0.2) is 91.4 Å². The molecule has 0 aliphatic carbocycles. The largest absolute Gasteiger partial charge is 0.444 e. The number of amides is 3. The maximum absolute atomic E-state index is 14.4. The zero-order valence-corrected chi connectivity index (χ0v) is 35.1. The van der Waals surface area contributed by atoms with Gasteiger partial charge < -0.3 is 25.2 Å². The number of rotatable bonds is 20. The van der Waals surface area contributed by atoms with E-state index in [0.29, 0.717) is 58.3 Å². The second-order valence-electron chi connectivity index (χ2n) is 15.0. The van der Waals surface area contributed by atoms with Gasteiger partial charge in [0.1, 0.15) is 6.61 Å². The van der Waals surface area contributed by atoms with Crippen LogP contribution in [0.25, 0.3) is 0 Å². The van der Waals surface area contributed by atoms with E-state index in [2.05, 4.69) is 46.5 Å². The molecule has 0 radical (unpaired) electrons. The molecule has 0 bridgehead atoms. The molecule has 14 heteroatoms. The lowest BCUT2D eigenvalue weighted by atomic mass is 9.86. The fourth-order valence-corrected chi connectivity index (χ4v) is 9.50. The van der Waals surface area contributed by atoms with Gasteiger partial charge in [0.2, 0.25) is 0 Å². The molecule has 0 saturated carbocycles. The van der Waals surface area contributed by atoms with E-state index in [4.69, 9.17) is 4.74 Å². The molecular formula is C42H55N5O6S3. The van der Waals surface area contributed by atoms with Gasteiger partial charge in [-0.25, -0.2) is 23.0 Å². The van der Waals surface area contributed by atoms with Gasteiger partial charge in [0.15, 0.2) is 15.6 Å². The van der Waals surface area contributed by atoms with Crippen molar-refractivity contribution in [2.45, 2.75) is 83.5 Å². The van der Waals surface area contributed by atoms with Crippen molar-refractivity contribution in [1.29, 1.82) is 0 Å². The maximum Gasteiger partial charge on any atom is 0.407 e. The summed E-state index contributed by atoms with van der Waals surface area (Å²) in [4.78, 5) is 50.3. The number of sulfone groups is 1. The Morgan fingerprint density at radius 3 is 2.18 bits per heavy atom. The number of hydrogen-bond acceptors (Lipinski definition) is 10. The number of urea groups is 1. The highest BCUT2D eigenvalue weighted by atomic mass is 32.2. The van der Waals surface area contributed by atoms with Gasteiger partial charge in [-0.05, 0) is 60.6 Å². The zero-order valence-electron chi connectivity index (χ0n) is 32.6. The molecular weight excluding hydrogens is 767 g/mol. The van der Waals surface area contributed by atoms with E-state index in [9.17, 15) is 22.8 Å². The molecule has 3 atom stereocenters. The summed E-state index contributed by atoms with van der Waals surface area (Å²) in [6, 6.07) is 22.5. The third-order valence-electron chi connectivity index (χ3n) is 10.0. The van der Waals surface area contributed by atoms with Crippen molar-refractivity contribution < 1.29 is 27.5 Å². The first-order valence-corrected chi connectivity index (χ1v) is 23.0. The number of nitrogens with one attached hydrogen (secondary N) is 2. The molecule has 56 heavy (non-hydrogen) atoms. The summed E-state index contributed by atoms with van der Waals surface area (Å²) >= 11 is 3.10. The number of thiophene rings is 1. The van der Waals surface area contributed by atoms with Crippen molar-refractivity contribution in [3.63, 3.8) is 0 Å². The second kappa shape index (κ2) is 21.4. The highest BCUT2D eigenvalue weighted by Crippen LogP contribution is 2.23. The summed E-state index contributed by atoms with van der Waals surface area (Å²) in [6.07, 6.45) is 2.62. The van der Waals surface area contributed by atoms with Crippen molar-refractivity contribution in [3.8, 4) is 0 Å². The van der Waals surface area contributed by atoms with E-state index in [0.717, 1.165) is 26.7 Å². The predicted molar refractivity (Wildman–Crippen MR) is 224 cm³/mol. The molecule has 5 rings (SSSR count). The number of benzene rings is 2. The molecule has 1 aliphatic rings. The number of Topliss-reactive ketones (excluding diaryl/α,β-unsaturated/α-hetero) is 1. The quantitative estimate of drug-likeness (QED) is 0.0965. The highest BCUT2D eigenvalue weighted by molar-refractivity contribution is 7.91. The van der Waals surface area contributed by atoms with Crippen LogP contribution in [0.5, 0.6) is 0 Å². The Kier molecular flexibility index (Phi) is 16.5. The second-order valence-corrected chi connectivity index (χ2v) is 19.2. The lowest BCUT2D eigenvalue weighted by Gasteiger charge is -2.29.